The number of unbranched alkanes of at least 4 members (excludes halogenated alkanes) is 1. The van der Waals surface area contributed by atoms with E-state index < -0.39 is 5.67 Å². The van der Waals surface area contributed by atoms with Crippen LogP contribution in [-0.2, 0) is 11.2 Å². The molecule has 4 nitrogen and oxygen atoms in total. The van der Waals surface area contributed by atoms with Gasteiger partial charge in [-0.1, -0.05) is 38.0 Å². The molecule has 1 aliphatic heterocycles. The maximum absolute atomic E-state index is 13.9. The summed E-state index contributed by atoms with van der Waals surface area (Å²) in [5, 5.41) is 3.52. The first-order valence-electron chi connectivity index (χ1n) is 11.9. The van der Waals surface area contributed by atoms with Crippen molar-refractivity contribution >= 4 is 11.6 Å². The van der Waals surface area contributed by atoms with E-state index in [0.29, 0.717) is 19.3 Å². The highest BCUT2D eigenvalue weighted by Crippen LogP contribution is 2.64. The molecule has 2 bridgehead atoms. The van der Waals surface area contributed by atoms with E-state index >= 15 is 0 Å². The average Bonchev–Trinajstić information content (AvgIpc) is 2.79. The van der Waals surface area contributed by atoms with Gasteiger partial charge in [-0.05, 0) is 59.7 Å². The largest absolute Gasteiger partial charge is 0.497 e. The van der Waals surface area contributed by atoms with Gasteiger partial charge in [0.25, 0.3) is 5.91 Å². The lowest BCUT2D eigenvalue weighted by Gasteiger charge is -2.66. The summed E-state index contributed by atoms with van der Waals surface area (Å²) in [7, 11) is 1.67. The van der Waals surface area contributed by atoms with E-state index in [2.05, 4.69) is 42.4 Å². The van der Waals surface area contributed by atoms with E-state index in [1.807, 2.05) is 23.1 Å². The van der Waals surface area contributed by atoms with E-state index in [0.717, 1.165) is 48.2 Å². The lowest BCUT2D eigenvalue weighted by atomic mass is 9.47. The molecule has 0 spiro atoms. The lowest BCUT2D eigenvalue weighted by Crippen LogP contribution is -2.73. The summed E-state index contributed by atoms with van der Waals surface area (Å²) in [6, 6.07) is 14.1. The number of anilines is 1. The first-order chi connectivity index (χ1) is 15.9. The average molecular weight is 447 g/mol. The van der Waals surface area contributed by atoms with Crippen molar-refractivity contribution in [3.63, 3.8) is 0 Å². The van der Waals surface area contributed by atoms with Crippen molar-refractivity contribution in [3.05, 3.63) is 59.2 Å². The third-order valence-electron chi connectivity index (χ3n) is 7.62. The van der Waals surface area contributed by atoms with Crippen LogP contribution in [0.15, 0.2) is 42.5 Å². The van der Waals surface area contributed by atoms with Gasteiger partial charge in [0.1, 0.15) is 11.4 Å². The molecule has 0 aromatic heterocycles. The first kappa shape index (κ1) is 21.8. The fourth-order valence-electron chi connectivity index (χ4n) is 6.10. The molecule has 1 heterocycles. The number of nitrogens with one attached hydrogen (secondary N) is 1. The van der Waals surface area contributed by atoms with Crippen LogP contribution in [0.25, 0.3) is 0 Å². The minimum absolute atomic E-state index is 0.0393. The maximum atomic E-state index is 13.9. The predicted octanol–water partition coefficient (Wildman–Crippen LogP) is 5.42. The molecule has 6 rings (SSSR count). The fourth-order valence-corrected chi connectivity index (χ4v) is 6.10. The fraction of sp³-hybridized carbons (Fsp3) is 0.464. The molecule has 2 aromatic rings. The Labute approximate surface area is 195 Å². The number of hydrogen-bond donors (Lipinski definition) is 1. The number of methoxy groups -OCH3 is 1. The number of hydrogen-bond acceptors (Lipinski definition) is 3. The van der Waals surface area contributed by atoms with Crippen LogP contribution in [0, 0.1) is 12.3 Å². The molecule has 0 saturated heterocycles. The third kappa shape index (κ3) is 3.76. The van der Waals surface area contributed by atoms with Gasteiger partial charge in [0, 0.05) is 36.5 Å². The SMILES string of the molecule is C#CC(=O)N1[C@@H](CCCC)Cc2cc(OC)ccc2[C@@H]1c1ccc(NC23CC(F)(C2)C3)cc1. The number of benzene rings is 2. The van der Waals surface area contributed by atoms with Gasteiger partial charge in [0.15, 0.2) is 0 Å². The van der Waals surface area contributed by atoms with E-state index in [9.17, 15) is 9.18 Å². The first-order valence-corrected chi connectivity index (χ1v) is 11.9. The number of carbonyl (C=O) groups is 1. The van der Waals surface area contributed by atoms with Gasteiger partial charge >= 0.3 is 0 Å². The monoisotopic (exact) mass is 446 g/mol. The molecule has 0 radical (unpaired) electrons. The van der Waals surface area contributed by atoms with Crippen LogP contribution >= 0.6 is 0 Å². The molecule has 4 aliphatic rings. The lowest BCUT2D eigenvalue weighted by molar-refractivity contribution is -0.136. The molecule has 1 N–H and O–H groups in total. The third-order valence-corrected chi connectivity index (χ3v) is 7.62. The number of halogens is 1. The zero-order valence-electron chi connectivity index (χ0n) is 19.4. The smallest absolute Gasteiger partial charge is 0.299 e. The number of rotatable bonds is 7. The van der Waals surface area contributed by atoms with E-state index in [1.165, 1.54) is 5.56 Å². The quantitative estimate of drug-likeness (QED) is 0.578. The Kier molecular flexibility index (Phi) is 5.35. The number of alkyl halides is 1. The molecule has 2 aromatic carbocycles. The van der Waals surface area contributed by atoms with Crippen molar-refractivity contribution in [2.75, 3.05) is 12.4 Å². The highest BCUT2D eigenvalue weighted by Gasteiger charge is 2.69. The Balaban J connectivity index is 1.49. The van der Waals surface area contributed by atoms with Gasteiger partial charge in [-0.15, -0.1) is 6.42 Å². The molecule has 3 saturated carbocycles. The molecule has 172 valence electrons. The number of fused-ring (bicyclic) bond motifs is 1. The summed E-state index contributed by atoms with van der Waals surface area (Å²) >= 11 is 0. The molecule has 3 fully saturated rings. The van der Waals surface area contributed by atoms with Crippen molar-refractivity contribution in [2.45, 2.75) is 75.2 Å². The Morgan fingerprint density at radius 1 is 1.24 bits per heavy atom. The Bertz CT molecular complexity index is 1080. The molecule has 1 amide bonds. The summed E-state index contributed by atoms with van der Waals surface area (Å²) in [6.45, 7) is 2.16. The van der Waals surface area contributed by atoms with Crippen LogP contribution in [0.4, 0.5) is 10.1 Å². The molecule has 33 heavy (non-hydrogen) atoms. The summed E-state index contributed by atoms with van der Waals surface area (Å²) in [4.78, 5) is 14.9. The Hall–Kier alpha value is -3.00. The number of terminal acetylenes is 1. The standard InChI is InChI=1S/C28H31FN2O2/c1-4-6-7-22-14-20-15-23(33-3)12-13-24(20)26(31(22)25(32)5-2)19-8-10-21(11-9-19)30-28-16-27(29,17-28)18-28/h2,8-13,15,22,26,30H,4,6-7,14,16-18H2,1,3H3/t22-,26-,27?,28?/m0/s1. The van der Waals surface area contributed by atoms with E-state index in [4.69, 9.17) is 11.2 Å². The molecular formula is C28H31FN2O2. The van der Waals surface area contributed by atoms with Gasteiger partial charge in [-0.2, -0.15) is 0 Å². The second-order valence-corrected chi connectivity index (χ2v) is 10.0. The second-order valence-electron chi connectivity index (χ2n) is 10.0. The van der Waals surface area contributed by atoms with Crippen molar-refractivity contribution < 1.29 is 13.9 Å². The molecule has 3 aliphatic carbocycles. The maximum Gasteiger partial charge on any atom is 0.299 e. The number of amides is 1. The zero-order chi connectivity index (χ0) is 23.2. The van der Waals surface area contributed by atoms with Gasteiger partial charge in [0.05, 0.1) is 13.2 Å². The van der Waals surface area contributed by atoms with Crippen LogP contribution in [-0.4, -0.2) is 35.2 Å². The zero-order valence-corrected chi connectivity index (χ0v) is 19.4. The molecule has 0 unspecified atom stereocenters. The summed E-state index contributed by atoms with van der Waals surface area (Å²) in [5.41, 5.74) is 3.31. The predicted molar refractivity (Wildman–Crippen MR) is 128 cm³/mol. The minimum atomic E-state index is -0.927. The summed E-state index contributed by atoms with van der Waals surface area (Å²) in [5.74, 6) is 2.93. The summed E-state index contributed by atoms with van der Waals surface area (Å²) in [6.07, 6.45) is 11.2. The number of carbonyl (C=O) groups excluding carboxylic acids is 1. The van der Waals surface area contributed by atoms with Crippen molar-refractivity contribution in [2.24, 2.45) is 0 Å². The van der Waals surface area contributed by atoms with Crippen molar-refractivity contribution in [1.29, 1.82) is 0 Å². The van der Waals surface area contributed by atoms with E-state index in [1.54, 1.807) is 7.11 Å². The van der Waals surface area contributed by atoms with Gasteiger partial charge in [0.2, 0.25) is 0 Å². The summed E-state index contributed by atoms with van der Waals surface area (Å²) < 4.78 is 19.4. The molecular weight excluding hydrogens is 415 g/mol. The second kappa shape index (κ2) is 8.09. The highest BCUT2D eigenvalue weighted by atomic mass is 19.1. The molecule has 5 heteroatoms. The van der Waals surface area contributed by atoms with Gasteiger partial charge in [-0.3, -0.25) is 4.79 Å². The normalized spacial score (nSPS) is 29.2. The Morgan fingerprint density at radius 2 is 1.97 bits per heavy atom. The van der Waals surface area contributed by atoms with Gasteiger partial charge < -0.3 is 15.0 Å². The van der Waals surface area contributed by atoms with Crippen LogP contribution in [0.5, 0.6) is 5.75 Å². The van der Waals surface area contributed by atoms with E-state index in [-0.39, 0.29) is 23.5 Å². The highest BCUT2D eigenvalue weighted by molar-refractivity contribution is 5.94. The van der Waals surface area contributed by atoms with Crippen molar-refractivity contribution in [3.8, 4) is 18.1 Å². The minimum Gasteiger partial charge on any atom is -0.497 e. The molecule has 2 atom stereocenters. The van der Waals surface area contributed by atoms with Crippen LogP contribution < -0.4 is 10.1 Å². The van der Waals surface area contributed by atoms with Crippen LogP contribution in [0.3, 0.4) is 0 Å². The van der Waals surface area contributed by atoms with Gasteiger partial charge in [-0.25, -0.2) is 4.39 Å². The Morgan fingerprint density at radius 3 is 2.58 bits per heavy atom. The van der Waals surface area contributed by atoms with Crippen LogP contribution in [0.1, 0.15) is 68.2 Å². The topological polar surface area (TPSA) is 41.6 Å². The van der Waals surface area contributed by atoms with Crippen LogP contribution in [0.2, 0.25) is 0 Å². The number of nitrogens with zero attached hydrogens (tertiary/aromatic N) is 1. The number of ether oxygens (including phenoxy) is 1. The van der Waals surface area contributed by atoms with Crippen molar-refractivity contribution in [1.82, 2.24) is 4.90 Å².